The number of hydrogen-bond acceptors (Lipinski definition) is 6. The number of sulfone groups is 2. The van der Waals surface area contributed by atoms with Gasteiger partial charge in [-0.1, -0.05) is 12.2 Å². The predicted octanol–water partition coefficient (Wildman–Crippen LogP) is -1.94. The van der Waals surface area contributed by atoms with Crippen LogP contribution < -0.4 is 11.5 Å². The minimum Gasteiger partial charge on any atom is -0.369 e. The number of carbonyl (C=O) groups excluding carboxylic acids is 2. The molecule has 0 aromatic heterocycles. The second-order valence-corrected chi connectivity index (χ2v) is 8.99. The van der Waals surface area contributed by atoms with Crippen LogP contribution in [0.3, 0.4) is 0 Å². The lowest BCUT2D eigenvalue weighted by atomic mass is 9.66. The Kier molecular flexibility index (Phi) is 3.49. The van der Waals surface area contributed by atoms with Crippen LogP contribution >= 0.6 is 0 Å². The Morgan fingerprint density at radius 1 is 0.857 bits per heavy atom. The highest BCUT2D eigenvalue weighted by Gasteiger charge is 2.57. The Bertz CT molecular complexity index is 697. The first-order valence-electron chi connectivity index (χ1n) is 5.93. The lowest BCUT2D eigenvalue weighted by Gasteiger charge is -2.35. The number of amides is 2. The molecular weight excluding hydrogens is 320 g/mol. The number of rotatable bonds is 4. The fraction of sp³-hybridized carbons (Fsp3) is 0.455. The molecule has 0 saturated heterocycles. The summed E-state index contributed by atoms with van der Waals surface area (Å²) < 4.78 is 46.2. The molecule has 2 aliphatic heterocycles. The van der Waals surface area contributed by atoms with E-state index in [4.69, 9.17) is 11.5 Å². The Morgan fingerprint density at radius 2 is 1.19 bits per heavy atom. The fourth-order valence-corrected chi connectivity index (χ4v) is 5.68. The molecule has 2 rings (SSSR count). The topological polar surface area (TPSA) is 154 Å². The quantitative estimate of drug-likeness (QED) is 0.570. The first kappa shape index (κ1) is 15.7. The van der Waals surface area contributed by atoms with E-state index in [9.17, 15) is 26.4 Å². The molecule has 116 valence electrons. The van der Waals surface area contributed by atoms with E-state index in [-0.39, 0.29) is 0 Å². The largest absolute Gasteiger partial charge is 0.369 e. The van der Waals surface area contributed by atoms with Gasteiger partial charge in [0.2, 0.25) is 11.8 Å². The standard InChI is InChI=1S/C11H14N2O6S2/c12-9(14)11(10(13)15,7-1-3-20(16,17)5-7)8-2-4-21(18,19)6-8/h1-4,7-8H,5-6H2,(H2,12,14)(H2,13,15)/t7-,8-/m1/s1. The SMILES string of the molecule is NC(=O)C(C(N)=O)([C@@H]1C=CS(=O)(=O)C1)[C@@H]1C=CS(=O)(=O)C1. The van der Waals surface area contributed by atoms with Gasteiger partial charge >= 0.3 is 0 Å². The van der Waals surface area contributed by atoms with Gasteiger partial charge in [0.05, 0.1) is 11.5 Å². The van der Waals surface area contributed by atoms with Crippen LogP contribution in [0, 0.1) is 17.3 Å². The van der Waals surface area contributed by atoms with E-state index in [1.54, 1.807) is 0 Å². The monoisotopic (exact) mass is 334 g/mol. The molecular formula is C11H14N2O6S2. The Hall–Kier alpha value is -1.68. The van der Waals surface area contributed by atoms with Crippen LogP contribution in [0.15, 0.2) is 23.0 Å². The van der Waals surface area contributed by atoms with E-state index in [1.807, 2.05) is 0 Å². The molecule has 0 aromatic rings. The average Bonchev–Trinajstić information content (AvgIpc) is 2.82. The zero-order chi connectivity index (χ0) is 16.1. The van der Waals surface area contributed by atoms with E-state index < -0.39 is 60.2 Å². The molecule has 4 N–H and O–H groups in total. The number of carbonyl (C=O) groups is 2. The Balaban J connectivity index is 2.56. The molecule has 0 unspecified atom stereocenters. The Morgan fingerprint density at radius 3 is 1.38 bits per heavy atom. The smallest absolute Gasteiger partial charge is 0.234 e. The summed E-state index contributed by atoms with van der Waals surface area (Å²) in [4.78, 5) is 23.8. The third-order valence-electron chi connectivity index (χ3n) is 3.85. The normalized spacial score (nSPS) is 29.5. The molecule has 0 bridgehead atoms. The van der Waals surface area contributed by atoms with Crippen molar-refractivity contribution in [3.8, 4) is 0 Å². The summed E-state index contributed by atoms with van der Waals surface area (Å²) >= 11 is 0. The summed E-state index contributed by atoms with van der Waals surface area (Å²) in [6.07, 6.45) is 2.34. The highest BCUT2D eigenvalue weighted by atomic mass is 32.2. The van der Waals surface area contributed by atoms with E-state index in [0.717, 1.165) is 10.8 Å². The van der Waals surface area contributed by atoms with Crippen molar-refractivity contribution in [2.75, 3.05) is 11.5 Å². The molecule has 0 spiro atoms. The van der Waals surface area contributed by atoms with Crippen molar-refractivity contribution in [3.63, 3.8) is 0 Å². The molecule has 21 heavy (non-hydrogen) atoms. The lowest BCUT2D eigenvalue weighted by Crippen LogP contribution is -2.57. The maximum atomic E-state index is 11.9. The van der Waals surface area contributed by atoms with Gasteiger partial charge in [-0.05, 0) is 0 Å². The van der Waals surface area contributed by atoms with Gasteiger partial charge in [-0.3, -0.25) is 9.59 Å². The van der Waals surface area contributed by atoms with Crippen molar-refractivity contribution >= 4 is 31.5 Å². The van der Waals surface area contributed by atoms with E-state index >= 15 is 0 Å². The van der Waals surface area contributed by atoms with Gasteiger partial charge in [0.1, 0.15) is 5.41 Å². The number of allylic oxidation sites excluding steroid dienone is 2. The zero-order valence-electron chi connectivity index (χ0n) is 10.8. The highest BCUT2D eigenvalue weighted by Crippen LogP contribution is 2.43. The molecule has 2 aliphatic rings. The molecule has 10 heteroatoms. The first-order chi connectivity index (χ1) is 9.51. The number of primary amides is 2. The van der Waals surface area contributed by atoms with Crippen LogP contribution in [0.5, 0.6) is 0 Å². The second kappa shape index (κ2) is 4.67. The van der Waals surface area contributed by atoms with Crippen molar-refractivity contribution in [2.45, 2.75) is 0 Å². The van der Waals surface area contributed by atoms with Crippen LogP contribution in [0.1, 0.15) is 0 Å². The average molecular weight is 334 g/mol. The van der Waals surface area contributed by atoms with E-state index in [1.165, 1.54) is 12.2 Å². The molecule has 0 radical (unpaired) electrons. The molecule has 0 aliphatic carbocycles. The van der Waals surface area contributed by atoms with Gasteiger partial charge in [0, 0.05) is 22.7 Å². The van der Waals surface area contributed by atoms with Gasteiger partial charge in [-0.15, -0.1) is 0 Å². The second-order valence-electron chi connectivity index (χ2n) is 5.13. The third kappa shape index (κ3) is 2.48. The predicted molar refractivity (Wildman–Crippen MR) is 73.7 cm³/mol. The molecule has 2 atom stereocenters. The summed E-state index contributed by atoms with van der Waals surface area (Å²) in [5.41, 5.74) is 8.54. The summed E-state index contributed by atoms with van der Waals surface area (Å²) in [6.45, 7) is 0. The molecule has 2 heterocycles. The first-order valence-corrected chi connectivity index (χ1v) is 9.36. The molecule has 2 amide bonds. The van der Waals surface area contributed by atoms with Gasteiger partial charge in [0.25, 0.3) is 0 Å². The van der Waals surface area contributed by atoms with Crippen molar-refractivity contribution < 1.29 is 26.4 Å². The van der Waals surface area contributed by atoms with Crippen LogP contribution in [0.2, 0.25) is 0 Å². The minimum absolute atomic E-state index is 0.511. The van der Waals surface area contributed by atoms with Gasteiger partial charge in [-0.25, -0.2) is 16.8 Å². The van der Waals surface area contributed by atoms with E-state index in [0.29, 0.717) is 0 Å². The zero-order valence-corrected chi connectivity index (χ0v) is 12.4. The summed E-state index contributed by atoms with van der Waals surface area (Å²) in [7, 11) is -7.15. The molecule has 8 nitrogen and oxygen atoms in total. The van der Waals surface area contributed by atoms with Crippen molar-refractivity contribution in [1.29, 1.82) is 0 Å². The van der Waals surface area contributed by atoms with Crippen LogP contribution in [-0.4, -0.2) is 40.2 Å². The minimum atomic E-state index is -3.57. The summed E-state index contributed by atoms with van der Waals surface area (Å²) in [5.74, 6) is -5.45. The number of hydrogen-bond donors (Lipinski definition) is 2. The lowest BCUT2D eigenvalue weighted by molar-refractivity contribution is -0.144. The number of nitrogens with two attached hydrogens (primary N) is 2. The van der Waals surface area contributed by atoms with Crippen molar-refractivity contribution in [2.24, 2.45) is 28.7 Å². The maximum absolute atomic E-state index is 11.9. The highest BCUT2D eigenvalue weighted by molar-refractivity contribution is 7.94. The van der Waals surface area contributed by atoms with Crippen molar-refractivity contribution in [3.05, 3.63) is 23.0 Å². The van der Waals surface area contributed by atoms with Crippen LogP contribution in [-0.2, 0) is 29.3 Å². The van der Waals surface area contributed by atoms with Crippen LogP contribution in [0.25, 0.3) is 0 Å². The third-order valence-corrected chi connectivity index (χ3v) is 6.64. The fourth-order valence-electron chi connectivity index (χ4n) is 2.85. The maximum Gasteiger partial charge on any atom is 0.234 e. The Labute approximate surface area is 121 Å². The summed E-state index contributed by atoms with van der Waals surface area (Å²) in [5, 5.41) is 1.76. The van der Waals surface area contributed by atoms with Gasteiger partial charge in [-0.2, -0.15) is 0 Å². The summed E-state index contributed by atoms with van der Waals surface area (Å²) in [6, 6.07) is 0. The molecule has 0 saturated carbocycles. The van der Waals surface area contributed by atoms with E-state index in [2.05, 4.69) is 0 Å². The molecule has 0 aromatic carbocycles. The van der Waals surface area contributed by atoms with Gasteiger partial charge in [0.15, 0.2) is 19.7 Å². The van der Waals surface area contributed by atoms with Crippen molar-refractivity contribution in [1.82, 2.24) is 0 Å². The van der Waals surface area contributed by atoms with Gasteiger partial charge < -0.3 is 11.5 Å². The van der Waals surface area contributed by atoms with Crippen LogP contribution in [0.4, 0.5) is 0 Å². The molecule has 0 fully saturated rings.